The number of aliphatic hydroxyl groups is 1. The topological polar surface area (TPSA) is 177 Å². The average Bonchev–Trinajstić information content (AvgIpc) is 3.35. The number of nitrogens with one attached hydrogen (secondary N) is 1. The van der Waals surface area contributed by atoms with Crippen LogP contribution in [0.25, 0.3) is 0 Å². The Bertz CT molecular complexity index is 1490. The molecular weight excluding hydrogens is 674 g/mol. The molecule has 0 bridgehead atoms. The maximum absolute atomic E-state index is 14.5. The summed E-state index contributed by atoms with van der Waals surface area (Å²) in [5.41, 5.74) is 1.35. The molecule has 12 atom stereocenters. The minimum atomic E-state index is -1.44. The summed E-state index contributed by atoms with van der Waals surface area (Å²) in [6.07, 6.45) is -1.84. The second-order valence-electron chi connectivity index (χ2n) is 15.5. The zero-order valence-corrected chi connectivity index (χ0v) is 32.4. The number of rotatable bonds is 8. The monoisotopic (exact) mass is 733 g/mol. The molecular formula is C38H59N3O11. The molecule has 3 aliphatic heterocycles. The van der Waals surface area contributed by atoms with Crippen molar-refractivity contribution in [2.24, 2.45) is 17.8 Å². The van der Waals surface area contributed by atoms with Crippen LogP contribution in [0, 0.1) is 17.8 Å². The van der Waals surface area contributed by atoms with Gasteiger partial charge in [0.15, 0.2) is 23.4 Å². The second kappa shape index (κ2) is 16.4. The molecule has 14 heteroatoms. The molecule has 52 heavy (non-hydrogen) atoms. The first-order valence-electron chi connectivity index (χ1n) is 18.2. The molecule has 2 fully saturated rings. The van der Waals surface area contributed by atoms with Crippen molar-refractivity contribution in [1.29, 1.82) is 0 Å². The minimum Gasteiger partial charge on any atom is -0.504 e. The molecule has 2 saturated heterocycles. The first-order chi connectivity index (χ1) is 24.3. The molecule has 4 N–H and O–H groups in total. The summed E-state index contributed by atoms with van der Waals surface area (Å²) in [5.74, 6) is -3.33. The maximum atomic E-state index is 14.5. The summed E-state index contributed by atoms with van der Waals surface area (Å²) in [4.78, 5) is 43.9. The van der Waals surface area contributed by atoms with Crippen LogP contribution in [0.1, 0.15) is 80.2 Å². The summed E-state index contributed by atoms with van der Waals surface area (Å²) >= 11 is 0. The summed E-state index contributed by atoms with van der Waals surface area (Å²) in [6, 6.07) is 3.13. The molecule has 0 unspecified atom stereocenters. The van der Waals surface area contributed by atoms with Crippen molar-refractivity contribution < 1.29 is 53.4 Å². The predicted octanol–water partition coefficient (Wildman–Crippen LogP) is 4.05. The van der Waals surface area contributed by atoms with Gasteiger partial charge in [0.25, 0.3) is 0 Å². The van der Waals surface area contributed by atoms with Gasteiger partial charge in [0.05, 0.1) is 17.8 Å². The molecule has 1 amide bonds. The summed E-state index contributed by atoms with van der Waals surface area (Å²) in [5, 5.41) is 32.5. The van der Waals surface area contributed by atoms with Crippen LogP contribution in [-0.2, 0) is 39.8 Å². The van der Waals surface area contributed by atoms with Crippen molar-refractivity contribution in [1.82, 2.24) is 15.3 Å². The molecule has 0 spiro atoms. The summed E-state index contributed by atoms with van der Waals surface area (Å²) in [6.45, 7) is 14.4. The molecule has 0 radical (unpaired) electrons. The van der Waals surface area contributed by atoms with Gasteiger partial charge in [-0.25, -0.2) is 20.0 Å². The van der Waals surface area contributed by atoms with Crippen LogP contribution in [0.2, 0.25) is 0 Å². The van der Waals surface area contributed by atoms with Crippen LogP contribution in [0.15, 0.2) is 29.8 Å². The highest BCUT2D eigenvalue weighted by Gasteiger charge is 2.60. The third-order valence-corrected chi connectivity index (χ3v) is 11.2. The van der Waals surface area contributed by atoms with E-state index in [0.29, 0.717) is 17.6 Å². The molecule has 14 nitrogen and oxygen atoms in total. The number of phenolic OH excluding ortho intramolecular Hbond substituents is 2. The number of carbonyl (C=O) groups is 3. The van der Waals surface area contributed by atoms with E-state index in [-0.39, 0.29) is 48.8 Å². The van der Waals surface area contributed by atoms with Crippen molar-refractivity contribution in [3.63, 3.8) is 0 Å². The predicted molar refractivity (Wildman–Crippen MR) is 191 cm³/mol. The smallest absolute Gasteiger partial charge is 0.425 e. The van der Waals surface area contributed by atoms with E-state index in [1.807, 2.05) is 53.6 Å². The van der Waals surface area contributed by atoms with Gasteiger partial charge in [0, 0.05) is 43.0 Å². The van der Waals surface area contributed by atoms with Gasteiger partial charge in [0.2, 0.25) is 0 Å². The Hall–Kier alpha value is -3.27. The van der Waals surface area contributed by atoms with E-state index in [1.165, 1.54) is 17.1 Å². The first-order valence-corrected chi connectivity index (χ1v) is 18.2. The lowest BCUT2D eigenvalue weighted by molar-refractivity contribution is -0.294. The Balaban J connectivity index is 1.76. The number of Topliss-reactive ketones (excluding diaryl/α,β-unsaturated/α-hetero) is 1. The number of benzene rings is 1. The Kier molecular flexibility index (Phi) is 13.1. The third-order valence-electron chi connectivity index (χ3n) is 11.2. The number of aromatic hydroxyl groups is 2. The number of esters is 1. The fourth-order valence-corrected chi connectivity index (χ4v) is 8.29. The highest BCUT2D eigenvalue weighted by molar-refractivity contribution is 5.88. The van der Waals surface area contributed by atoms with Crippen molar-refractivity contribution in [3.05, 3.63) is 35.4 Å². The molecule has 0 saturated carbocycles. The molecule has 4 rings (SSSR count). The largest absolute Gasteiger partial charge is 0.504 e. The number of ketones is 1. The third kappa shape index (κ3) is 8.42. The van der Waals surface area contributed by atoms with E-state index in [2.05, 4.69) is 5.43 Å². The van der Waals surface area contributed by atoms with E-state index < -0.39 is 71.7 Å². The number of methoxy groups -OCH3 is 1. The molecule has 1 aromatic rings. The highest BCUT2D eigenvalue weighted by Crippen LogP contribution is 2.42. The van der Waals surface area contributed by atoms with Crippen molar-refractivity contribution in [2.45, 2.75) is 135 Å². The lowest BCUT2D eigenvalue weighted by Gasteiger charge is -2.46. The van der Waals surface area contributed by atoms with Crippen molar-refractivity contribution >= 4 is 17.8 Å². The van der Waals surface area contributed by atoms with Gasteiger partial charge in [-0.05, 0) is 78.7 Å². The van der Waals surface area contributed by atoms with E-state index >= 15 is 0 Å². The number of aliphatic hydroxyl groups excluding tert-OH is 1. The number of nitrogens with zero attached hydrogens (tertiary/aromatic N) is 2. The number of hydrazine groups is 1. The van der Waals surface area contributed by atoms with Gasteiger partial charge >= 0.3 is 12.1 Å². The number of phenols is 2. The average molecular weight is 734 g/mol. The number of cyclic esters (lactones) is 1. The van der Waals surface area contributed by atoms with Crippen LogP contribution in [0.3, 0.4) is 0 Å². The van der Waals surface area contributed by atoms with Gasteiger partial charge < -0.3 is 43.9 Å². The Labute approximate surface area is 307 Å². The van der Waals surface area contributed by atoms with Crippen LogP contribution >= 0.6 is 0 Å². The van der Waals surface area contributed by atoms with Gasteiger partial charge in [-0.15, -0.1) is 0 Å². The van der Waals surface area contributed by atoms with Crippen LogP contribution in [0.5, 0.6) is 11.5 Å². The molecule has 1 aromatic carbocycles. The highest BCUT2D eigenvalue weighted by atomic mass is 16.7. The standard InChI is InChI=1S/C38H59N3O11/c1-12-29-38(8)32(41(36(47)52-38)39-19-25-13-14-27(42)28(43)17-25)24(6)30(44)22(4)18-37(7,48-11)33(20(2)15-21(3)34(46)50-29)51-35-31(45)26(40(9)10)16-23(5)49-35/h13-15,17,20,22-24,26,29,31-33,35,39,42-43,45H,12,16,18-19H2,1-11H3/b21-15+/t20-,22+,23+,24-,26-,29+,31+,32+,33+,35-,37-,38+/m0/s1. The Morgan fingerprint density at radius 3 is 2.35 bits per heavy atom. The Morgan fingerprint density at radius 2 is 1.75 bits per heavy atom. The number of fused-ring (bicyclic) bond motifs is 1. The number of hydrogen-bond acceptors (Lipinski definition) is 13. The maximum Gasteiger partial charge on any atom is 0.425 e. The van der Waals surface area contributed by atoms with Gasteiger partial charge in [0.1, 0.15) is 24.0 Å². The lowest BCUT2D eigenvalue weighted by atomic mass is 9.74. The SMILES string of the molecule is CC[C@H]1OC(=O)/C(C)=C/[C@H](C)[C@@H](O[C@@H]2O[C@H](C)C[C@H](N(C)C)[C@H]2O)[C@@](C)(OC)C[C@@H](C)C(=O)[C@H](C)[C@H]2N(NCc3ccc(O)c(O)c3)C(=O)O[C@]12C. The Morgan fingerprint density at radius 1 is 1.08 bits per heavy atom. The number of likely N-dealkylation sites (N-methyl/N-ethyl adjacent to an activating group) is 1. The quantitative estimate of drug-likeness (QED) is 0.223. The normalized spacial score (nSPS) is 39.0. The van der Waals surface area contributed by atoms with Crippen molar-refractivity contribution in [3.8, 4) is 11.5 Å². The fraction of sp³-hybridized carbons (Fsp3) is 0.711. The summed E-state index contributed by atoms with van der Waals surface area (Å²) < 4.78 is 31.1. The lowest BCUT2D eigenvalue weighted by Crippen LogP contribution is -2.60. The van der Waals surface area contributed by atoms with Gasteiger partial charge in [-0.3, -0.25) is 4.79 Å². The zero-order valence-electron chi connectivity index (χ0n) is 32.4. The van der Waals surface area contributed by atoms with Crippen molar-refractivity contribution in [2.75, 3.05) is 21.2 Å². The molecule has 0 aliphatic carbocycles. The van der Waals surface area contributed by atoms with E-state index in [4.69, 9.17) is 23.7 Å². The second-order valence-corrected chi connectivity index (χ2v) is 15.5. The number of ether oxygens (including phenoxy) is 5. The first kappa shape index (κ1) is 41.5. The number of hydrogen-bond donors (Lipinski definition) is 4. The van der Waals surface area contributed by atoms with Crippen LogP contribution in [-0.4, -0.2) is 118 Å². The van der Waals surface area contributed by atoms with Gasteiger partial charge in [-0.1, -0.05) is 39.8 Å². The number of amides is 1. The van der Waals surface area contributed by atoms with Crippen LogP contribution < -0.4 is 5.43 Å². The minimum absolute atomic E-state index is 0.0471. The van der Waals surface area contributed by atoms with E-state index in [9.17, 15) is 29.7 Å². The van der Waals surface area contributed by atoms with E-state index in [1.54, 1.807) is 40.0 Å². The zero-order chi connectivity index (χ0) is 38.9. The molecule has 292 valence electrons. The fourth-order valence-electron chi connectivity index (χ4n) is 8.29. The number of carbonyl (C=O) groups excluding carboxylic acids is 3. The summed E-state index contributed by atoms with van der Waals surface area (Å²) in [7, 11) is 5.33. The van der Waals surface area contributed by atoms with Crippen LogP contribution in [0.4, 0.5) is 4.79 Å². The molecule has 3 aliphatic rings. The molecule has 3 heterocycles. The molecule has 0 aromatic heterocycles. The van der Waals surface area contributed by atoms with E-state index in [0.717, 1.165) is 0 Å². The van der Waals surface area contributed by atoms with Gasteiger partial charge in [-0.2, -0.15) is 0 Å².